The van der Waals surface area contributed by atoms with Crippen molar-refractivity contribution in [2.75, 3.05) is 37.4 Å². The molecule has 2 aromatic carbocycles. The van der Waals surface area contributed by atoms with E-state index in [0.29, 0.717) is 42.3 Å². The van der Waals surface area contributed by atoms with E-state index < -0.39 is 15.9 Å². The van der Waals surface area contributed by atoms with E-state index in [2.05, 4.69) is 10.6 Å². The van der Waals surface area contributed by atoms with Crippen LogP contribution in [0.3, 0.4) is 0 Å². The number of hydrogen-bond acceptors (Lipinski definition) is 6. The highest BCUT2D eigenvalue weighted by Crippen LogP contribution is 2.33. The smallest absolute Gasteiger partial charge is 0.262 e. The van der Waals surface area contributed by atoms with E-state index in [1.807, 2.05) is 0 Å². The van der Waals surface area contributed by atoms with Crippen molar-refractivity contribution in [3.63, 3.8) is 0 Å². The van der Waals surface area contributed by atoms with Crippen LogP contribution in [0.4, 0.5) is 11.4 Å². The number of ether oxygens (including phenoxy) is 2. The van der Waals surface area contributed by atoms with Gasteiger partial charge in [-0.1, -0.05) is 12.1 Å². The number of rotatable bonds is 5. The Morgan fingerprint density at radius 2 is 2.06 bits per heavy atom. The van der Waals surface area contributed by atoms with Crippen LogP contribution in [0, 0.1) is 5.92 Å². The minimum atomic E-state index is -3.84. The Labute approximate surface area is 180 Å². The number of fused-ring (bicyclic) bond motifs is 1. The monoisotopic (exact) mass is 445 g/mol. The van der Waals surface area contributed by atoms with E-state index in [4.69, 9.17) is 9.47 Å². The summed E-state index contributed by atoms with van der Waals surface area (Å²) in [6, 6.07) is 11.4. The number of para-hydroxylation sites is 2. The lowest BCUT2D eigenvalue weighted by Gasteiger charge is -2.31. The largest absolute Gasteiger partial charge is 0.495 e. The van der Waals surface area contributed by atoms with Crippen LogP contribution in [0.2, 0.25) is 0 Å². The molecule has 1 fully saturated rings. The fraction of sp³-hybridized carbons (Fsp3) is 0.333. The molecule has 10 heteroatoms. The van der Waals surface area contributed by atoms with Crippen LogP contribution in [0.15, 0.2) is 47.4 Å². The lowest BCUT2D eigenvalue weighted by molar-refractivity contribution is -0.121. The minimum Gasteiger partial charge on any atom is -0.495 e. The molecule has 0 aromatic heterocycles. The lowest BCUT2D eigenvalue weighted by atomic mass is 9.98. The van der Waals surface area contributed by atoms with Crippen molar-refractivity contribution in [2.24, 2.45) is 5.92 Å². The van der Waals surface area contributed by atoms with E-state index in [1.165, 1.54) is 29.6 Å². The molecular formula is C21H23N3O6S. The van der Waals surface area contributed by atoms with Crippen molar-refractivity contribution >= 4 is 33.2 Å². The fourth-order valence-electron chi connectivity index (χ4n) is 3.73. The van der Waals surface area contributed by atoms with Gasteiger partial charge in [-0.2, -0.15) is 4.31 Å². The third-order valence-corrected chi connectivity index (χ3v) is 7.20. The van der Waals surface area contributed by atoms with Gasteiger partial charge in [0.1, 0.15) is 11.5 Å². The van der Waals surface area contributed by atoms with Crippen LogP contribution >= 0.6 is 0 Å². The van der Waals surface area contributed by atoms with Crippen molar-refractivity contribution in [3.05, 3.63) is 42.5 Å². The second-order valence-corrected chi connectivity index (χ2v) is 9.32. The van der Waals surface area contributed by atoms with Crippen molar-refractivity contribution in [2.45, 2.75) is 17.7 Å². The summed E-state index contributed by atoms with van der Waals surface area (Å²) in [6.07, 6.45) is 1.15. The van der Waals surface area contributed by atoms with Gasteiger partial charge >= 0.3 is 0 Å². The topological polar surface area (TPSA) is 114 Å². The summed E-state index contributed by atoms with van der Waals surface area (Å²) in [6.45, 7) is 0.290. The average molecular weight is 445 g/mol. The van der Waals surface area contributed by atoms with Crippen LogP contribution in [-0.2, 0) is 19.6 Å². The van der Waals surface area contributed by atoms with Crippen molar-refractivity contribution in [1.82, 2.24) is 4.31 Å². The number of amides is 2. The highest BCUT2D eigenvalue weighted by Gasteiger charge is 2.34. The van der Waals surface area contributed by atoms with Gasteiger partial charge in [0.15, 0.2) is 6.61 Å². The summed E-state index contributed by atoms with van der Waals surface area (Å²) in [4.78, 5) is 24.4. The zero-order valence-electron chi connectivity index (χ0n) is 17.0. The minimum absolute atomic E-state index is 0.0443. The summed E-state index contributed by atoms with van der Waals surface area (Å²) < 4.78 is 38.3. The maximum atomic E-state index is 13.2. The number of carbonyl (C=O) groups excluding carboxylic acids is 2. The summed E-state index contributed by atoms with van der Waals surface area (Å²) in [5.74, 6) is -0.126. The second kappa shape index (κ2) is 8.56. The molecular weight excluding hydrogens is 422 g/mol. The molecule has 0 radical (unpaired) electrons. The molecule has 0 spiro atoms. The standard InChI is InChI=1S/C21H23N3O6S/c1-29-18-7-3-2-6-16(18)23-21(26)14-5-4-10-24(12-14)31(27,28)15-8-9-19-17(11-15)22-20(25)13-30-19/h2-3,6-9,11,14H,4-5,10,12-13H2,1H3,(H,22,25)(H,23,26)/t14-/m0/s1. The van der Waals surface area contributed by atoms with E-state index in [0.717, 1.165) is 0 Å². The number of anilines is 2. The second-order valence-electron chi connectivity index (χ2n) is 7.39. The molecule has 0 saturated carbocycles. The molecule has 31 heavy (non-hydrogen) atoms. The Balaban J connectivity index is 1.50. The zero-order valence-corrected chi connectivity index (χ0v) is 17.8. The molecule has 1 saturated heterocycles. The van der Waals surface area contributed by atoms with E-state index in [1.54, 1.807) is 24.3 Å². The van der Waals surface area contributed by atoms with E-state index >= 15 is 0 Å². The normalized spacial score (nSPS) is 19.0. The third-order valence-electron chi connectivity index (χ3n) is 5.34. The van der Waals surface area contributed by atoms with Gasteiger partial charge in [-0.3, -0.25) is 9.59 Å². The first-order valence-electron chi connectivity index (χ1n) is 9.89. The first kappa shape index (κ1) is 21.1. The van der Waals surface area contributed by atoms with Gasteiger partial charge in [-0.05, 0) is 43.2 Å². The maximum Gasteiger partial charge on any atom is 0.262 e. The fourth-order valence-corrected chi connectivity index (χ4v) is 5.28. The molecule has 2 aliphatic rings. The number of nitrogens with one attached hydrogen (secondary N) is 2. The molecule has 164 valence electrons. The Morgan fingerprint density at radius 1 is 1.26 bits per heavy atom. The number of carbonyl (C=O) groups is 2. The van der Waals surface area contributed by atoms with Crippen LogP contribution < -0.4 is 20.1 Å². The van der Waals surface area contributed by atoms with Crippen LogP contribution in [0.1, 0.15) is 12.8 Å². The third kappa shape index (κ3) is 4.35. The number of benzene rings is 2. The molecule has 4 rings (SSSR count). The molecule has 0 aliphatic carbocycles. The molecule has 0 bridgehead atoms. The Bertz CT molecular complexity index is 1120. The SMILES string of the molecule is COc1ccccc1NC(=O)[C@H]1CCCN(S(=O)(=O)c2ccc3c(c2)NC(=O)CO3)C1. The van der Waals surface area contributed by atoms with Crippen molar-refractivity contribution < 1.29 is 27.5 Å². The maximum absolute atomic E-state index is 13.2. The molecule has 1 atom stereocenters. The molecule has 2 aromatic rings. The predicted octanol–water partition coefficient (Wildman–Crippen LogP) is 2.07. The molecule has 9 nitrogen and oxygen atoms in total. The van der Waals surface area contributed by atoms with Gasteiger partial charge in [-0.25, -0.2) is 8.42 Å². The highest BCUT2D eigenvalue weighted by atomic mass is 32.2. The van der Waals surface area contributed by atoms with Gasteiger partial charge in [0, 0.05) is 13.1 Å². The average Bonchev–Trinajstić information content (AvgIpc) is 2.79. The highest BCUT2D eigenvalue weighted by molar-refractivity contribution is 7.89. The predicted molar refractivity (Wildman–Crippen MR) is 114 cm³/mol. The molecule has 0 unspecified atom stereocenters. The molecule has 2 heterocycles. The quantitative estimate of drug-likeness (QED) is 0.728. The van der Waals surface area contributed by atoms with Gasteiger partial charge in [0.2, 0.25) is 15.9 Å². The van der Waals surface area contributed by atoms with Gasteiger partial charge in [0.25, 0.3) is 5.91 Å². The number of sulfonamides is 1. The summed E-state index contributed by atoms with van der Waals surface area (Å²) >= 11 is 0. The van der Waals surface area contributed by atoms with Crippen LogP contribution in [0.25, 0.3) is 0 Å². The lowest BCUT2D eigenvalue weighted by Crippen LogP contribution is -2.43. The Hall–Kier alpha value is -3.11. The number of nitrogens with zero attached hydrogens (tertiary/aromatic N) is 1. The summed E-state index contributed by atoms with van der Waals surface area (Å²) in [5.41, 5.74) is 0.861. The molecule has 2 aliphatic heterocycles. The Kier molecular flexibility index (Phi) is 5.84. The van der Waals surface area contributed by atoms with E-state index in [-0.39, 0.29) is 29.9 Å². The summed E-state index contributed by atoms with van der Waals surface area (Å²) in [7, 11) is -2.32. The van der Waals surface area contributed by atoms with Gasteiger partial charge in [0.05, 0.1) is 29.3 Å². The zero-order chi connectivity index (χ0) is 22.0. The van der Waals surface area contributed by atoms with E-state index in [9.17, 15) is 18.0 Å². The van der Waals surface area contributed by atoms with Crippen LogP contribution in [0.5, 0.6) is 11.5 Å². The summed E-state index contributed by atoms with van der Waals surface area (Å²) in [5, 5.41) is 5.46. The van der Waals surface area contributed by atoms with Gasteiger partial charge in [-0.15, -0.1) is 0 Å². The first-order valence-corrected chi connectivity index (χ1v) is 11.3. The number of methoxy groups -OCH3 is 1. The van der Waals surface area contributed by atoms with Crippen molar-refractivity contribution in [1.29, 1.82) is 0 Å². The van der Waals surface area contributed by atoms with Crippen molar-refractivity contribution in [3.8, 4) is 11.5 Å². The first-order chi connectivity index (χ1) is 14.9. The number of hydrogen-bond donors (Lipinski definition) is 2. The van der Waals surface area contributed by atoms with Gasteiger partial charge < -0.3 is 20.1 Å². The molecule has 2 N–H and O–H groups in total. The Morgan fingerprint density at radius 3 is 2.87 bits per heavy atom. The number of piperidine rings is 1. The van der Waals surface area contributed by atoms with Crippen LogP contribution in [-0.4, -0.2) is 51.3 Å². The molecule has 2 amide bonds.